The molecule has 0 atom stereocenters. The van der Waals surface area contributed by atoms with Gasteiger partial charge in [0.05, 0.1) is 29.2 Å². The highest BCUT2D eigenvalue weighted by molar-refractivity contribution is 6.06. The van der Waals surface area contributed by atoms with Crippen molar-refractivity contribution in [2.45, 2.75) is 32.5 Å². The van der Waals surface area contributed by atoms with Crippen LogP contribution in [0.3, 0.4) is 0 Å². The Kier molecular flexibility index (Phi) is 7.43. The lowest BCUT2D eigenvalue weighted by Crippen LogP contribution is -2.22. The summed E-state index contributed by atoms with van der Waals surface area (Å²) in [6.07, 6.45) is -0.949. The highest BCUT2D eigenvalue weighted by atomic mass is 19.4. The number of nitrogens with one attached hydrogen (secondary N) is 1. The van der Waals surface area contributed by atoms with Crippen LogP contribution in [0.5, 0.6) is 11.5 Å². The molecular weight excluding hydrogens is 459 g/mol. The van der Waals surface area contributed by atoms with Crippen molar-refractivity contribution in [3.05, 3.63) is 77.6 Å². The van der Waals surface area contributed by atoms with E-state index in [1.54, 1.807) is 25.3 Å². The summed E-state index contributed by atoms with van der Waals surface area (Å²) in [6, 6.07) is 13.6. The van der Waals surface area contributed by atoms with Crippen LogP contribution in [0.2, 0.25) is 0 Å². The van der Waals surface area contributed by atoms with Gasteiger partial charge in [0.15, 0.2) is 11.5 Å². The zero-order chi connectivity index (χ0) is 24.8. The first-order valence-corrected chi connectivity index (χ1v) is 11.4. The zero-order valence-electron chi connectivity index (χ0n) is 19.3. The van der Waals surface area contributed by atoms with Crippen LogP contribution < -0.4 is 19.7 Å². The molecule has 1 fully saturated rings. The van der Waals surface area contributed by atoms with E-state index in [0.717, 1.165) is 43.8 Å². The second kappa shape index (κ2) is 10.7. The van der Waals surface area contributed by atoms with E-state index in [0.29, 0.717) is 23.8 Å². The van der Waals surface area contributed by atoms with Gasteiger partial charge >= 0.3 is 6.18 Å². The molecule has 35 heavy (non-hydrogen) atoms. The SMILES string of the molecule is CCOc1cc(C(=O)Nc2cc(C(F)(F)F)ccc2N2CCCC2)ccc1OCc1ccccn1. The Morgan fingerprint density at radius 1 is 1.03 bits per heavy atom. The smallest absolute Gasteiger partial charge is 0.416 e. The number of amides is 1. The monoisotopic (exact) mass is 485 g/mol. The van der Waals surface area contributed by atoms with Gasteiger partial charge in [-0.05, 0) is 68.3 Å². The molecule has 1 aliphatic rings. The molecule has 1 amide bonds. The standard InChI is InChI=1S/C26H26F3N3O3/c1-2-34-24-15-18(8-11-23(24)35-17-20-7-3-4-12-30-20)25(33)31-21-16-19(26(27,28)29)9-10-22(21)32-13-5-6-14-32/h3-4,7-12,15-16H,2,5-6,13-14,17H2,1H3,(H,31,33). The fourth-order valence-electron chi connectivity index (χ4n) is 3.91. The van der Waals surface area contributed by atoms with Crippen molar-refractivity contribution in [3.8, 4) is 11.5 Å². The topological polar surface area (TPSA) is 63.7 Å². The van der Waals surface area contributed by atoms with E-state index >= 15 is 0 Å². The maximum atomic E-state index is 13.4. The first kappa shape index (κ1) is 24.4. The molecule has 0 bridgehead atoms. The number of halogens is 3. The van der Waals surface area contributed by atoms with Gasteiger partial charge in [0.2, 0.25) is 0 Å². The van der Waals surface area contributed by atoms with E-state index in [4.69, 9.17) is 9.47 Å². The van der Waals surface area contributed by atoms with Crippen LogP contribution in [0, 0.1) is 0 Å². The summed E-state index contributed by atoms with van der Waals surface area (Å²) in [4.78, 5) is 19.3. The second-order valence-electron chi connectivity index (χ2n) is 8.08. The Morgan fingerprint density at radius 3 is 2.51 bits per heavy atom. The van der Waals surface area contributed by atoms with Crippen LogP contribution in [-0.2, 0) is 12.8 Å². The van der Waals surface area contributed by atoms with E-state index in [2.05, 4.69) is 10.3 Å². The molecular formula is C26H26F3N3O3. The summed E-state index contributed by atoms with van der Waals surface area (Å²) in [5.41, 5.74) is 0.854. The van der Waals surface area contributed by atoms with Crippen molar-refractivity contribution in [1.82, 2.24) is 4.98 Å². The third-order valence-corrected chi connectivity index (χ3v) is 5.63. The van der Waals surface area contributed by atoms with Gasteiger partial charge in [-0.2, -0.15) is 13.2 Å². The summed E-state index contributed by atoms with van der Waals surface area (Å²) >= 11 is 0. The van der Waals surface area contributed by atoms with Crippen molar-refractivity contribution in [2.75, 3.05) is 29.9 Å². The summed E-state index contributed by atoms with van der Waals surface area (Å²) in [5, 5.41) is 2.68. The van der Waals surface area contributed by atoms with Crippen molar-refractivity contribution >= 4 is 17.3 Å². The molecule has 1 aliphatic heterocycles. The lowest BCUT2D eigenvalue weighted by molar-refractivity contribution is -0.137. The van der Waals surface area contributed by atoms with Crippen LogP contribution in [0.25, 0.3) is 0 Å². The number of hydrogen-bond acceptors (Lipinski definition) is 5. The average Bonchev–Trinajstić information content (AvgIpc) is 3.38. The van der Waals surface area contributed by atoms with E-state index in [1.807, 2.05) is 23.1 Å². The van der Waals surface area contributed by atoms with Crippen LogP contribution in [0.1, 0.15) is 41.4 Å². The molecule has 2 heterocycles. The summed E-state index contributed by atoms with van der Waals surface area (Å²) in [7, 11) is 0. The maximum Gasteiger partial charge on any atom is 0.416 e. The maximum absolute atomic E-state index is 13.4. The van der Waals surface area contributed by atoms with Gasteiger partial charge in [-0.25, -0.2) is 0 Å². The Morgan fingerprint density at radius 2 is 1.83 bits per heavy atom. The van der Waals surface area contributed by atoms with E-state index < -0.39 is 17.6 Å². The van der Waals surface area contributed by atoms with Crippen LogP contribution in [0.15, 0.2) is 60.8 Å². The molecule has 0 aliphatic carbocycles. The normalized spacial score (nSPS) is 13.5. The molecule has 1 saturated heterocycles. The highest BCUT2D eigenvalue weighted by Crippen LogP contribution is 2.37. The predicted molar refractivity (Wildman–Crippen MR) is 127 cm³/mol. The Labute approximate surface area is 201 Å². The Hall–Kier alpha value is -3.75. The molecule has 6 nitrogen and oxygen atoms in total. The predicted octanol–water partition coefficient (Wildman–Crippen LogP) is 5.93. The van der Waals surface area contributed by atoms with Crippen molar-refractivity contribution in [1.29, 1.82) is 0 Å². The number of aromatic nitrogens is 1. The summed E-state index contributed by atoms with van der Waals surface area (Å²) in [5.74, 6) is 0.257. The van der Waals surface area contributed by atoms with Crippen molar-refractivity contribution in [3.63, 3.8) is 0 Å². The molecule has 0 unspecified atom stereocenters. The fourth-order valence-corrected chi connectivity index (χ4v) is 3.91. The van der Waals surface area contributed by atoms with Crippen molar-refractivity contribution in [2.24, 2.45) is 0 Å². The second-order valence-corrected chi connectivity index (χ2v) is 8.08. The number of carbonyl (C=O) groups excluding carboxylic acids is 1. The van der Waals surface area contributed by atoms with Crippen LogP contribution >= 0.6 is 0 Å². The largest absolute Gasteiger partial charge is 0.490 e. The number of pyridine rings is 1. The molecule has 4 rings (SSSR count). The quantitative estimate of drug-likeness (QED) is 0.429. The number of benzene rings is 2. The van der Waals surface area contributed by atoms with E-state index in [1.165, 1.54) is 12.1 Å². The fraction of sp³-hybridized carbons (Fsp3) is 0.308. The summed E-state index contributed by atoms with van der Waals surface area (Å²) < 4.78 is 51.5. The molecule has 9 heteroatoms. The summed E-state index contributed by atoms with van der Waals surface area (Å²) in [6.45, 7) is 3.82. The van der Waals surface area contributed by atoms with Crippen molar-refractivity contribution < 1.29 is 27.4 Å². The van der Waals surface area contributed by atoms with Gasteiger partial charge < -0.3 is 19.7 Å². The van der Waals surface area contributed by atoms with E-state index in [-0.39, 0.29) is 17.9 Å². The Bertz CT molecular complexity index is 1160. The van der Waals surface area contributed by atoms with Gasteiger partial charge in [0, 0.05) is 24.8 Å². The molecule has 0 saturated carbocycles. The minimum Gasteiger partial charge on any atom is -0.490 e. The third kappa shape index (κ3) is 6.03. The van der Waals surface area contributed by atoms with E-state index in [9.17, 15) is 18.0 Å². The number of nitrogens with zero attached hydrogens (tertiary/aromatic N) is 2. The first-order chi connectivity index (χ1) is 16.8. The van der Waals surface area contributed by atoms with Gasteiger partial charge in [0.25, 0.3) is 5.91 Å². The molecule has 1 aromatic heterocycles. The van der Waals surface area contributed by atoms with Crippen LogP contribution in [0.4, 0.5) is 24.5 Å². The van der Waals surface area contributed by atoms with Gasteiger partial charge in [0.1, 0.15) is 6.61 Å². The number of carbonyl (C=O) groups is 1. The van der Waals surface area contributed by atoms with Gasteiger partial charge in [-0.15, -0.1) is 0 Å². The lowest BCUT2D eigenvalue weighted by Gasteiger charge is -2.23. The molecule has 1 N–H and O–H groups in total. The third-order valence-electron chi connectivity index (χ3n) is 5.63. The Balaban J connectivity index is 1.57. The minimum absolute atomic E-state index is 0.125. The van der Waals surface area contributed by atoms with Gasteiger partial charge in [-0.1, -0.05) is 6.07 Å². The number of ether oxygens (including phenoxy) is 2. The van der Waals surface area contributed by atoms with Crippen LogP contribution in [-0.4, -0.2) is 30.6 Å². The zero-order valence-corrected chi connectivity index (χ0v) is 19.3. The number of alkyl halides is 3. The van der Waals surface area contributed by atoms with Gasteiger partial charge in [-0.3, -0.25) is 9.78 Å². The lowest BCUT2D eigenvalue weighted by atomic mass is 10.1. The first-order valence-electron chi connectivity index (χ1n) is 11.4. The molecule has 184 valence electrons. The molecule has 0 spiro atoms. The molecule has 2 aromatic carbocycles. The number of anilines is 2. The highest BCUT2D eigenvalue weighted by Gasteiger charge is 2.32. The number of hydrogen-bond donors (Lipinski definition) is 1. The molecule has 3 aromatic rings. The number of rotatable bonds is 8. The molecule has 0 radical (unpaired) electrons. The minimum atomic E-state index is -4.52. The average molecular weight is 486 g/mol.